The molecule has 0 radical (unpaired) electrons. The number of hydrogen-bond acceptors (Lipinski definition) is 2. The molecule has 0 amide bonds. The number of allylic oxidation sites excluding steroid dienone is 2. The Morgan fingerprint density at radius 3 is 2.44 bits per heavy atom. The van der Waals surface area contributed by atoms with E-state index in [4.69, 9.17) is 5.73 Å². The van der Waals surface area contributed by atoms with Gasteiger partial charge < -0.3 is 11.1 Å². The van der Waals surface area contributed by atoms with Crippen LogP contribution in [0.4, 0.5) is 0 Å². The predicted molar refractivity (Wildman–Crippen MR) is 72.3 cm³/mol. The second kappa shape index (κ2) is 9.01. The largest absolute Gasteiger partial charge is 0.394 e. The first-order valence-electron chi connectivity index (χ1n) is 5.87. The number of nitrogens with one attached hydrogen (secondary N) is 1. The van der Waals surface area contributed by atoms with Crippen molar-refractivity contribution in [3.63, 3.8) is 0 Å². The molecule has 0 aromatic heterocycles. The van der Waals surface area contributed by atoms with Gasteiger partial charge in [0, 0.05) is 12.7 Å². The van der Waals surface area contributed by atoms with Crippen molar-refractivity contribution in [3.8, 4) is 0 Å². The van der Waals surface area contributed by atoms with Crippen LogP contribution in [0.15, 0.2) is 29.0 Å². The highest BCUT2D eigenvalue weighted by Gasteiger charge is 1.94. The van der Waals surface area contributed by atoms with Crippen molar-refractivity contribution >= 4 is 5.84 Å². The second-order valence-electron chi connectivity index (χ2n) is 4.16. The normalized spacial score (nSPS) is 12.7. The van der Waals surface area contributed by atoms with Crippen LogP contribution >= 0.6 is 0 Å². The van der Waals surface area contributed by atoms with Gasteiger partial charge in [-0.25, -0.2) is 4.99 Å². The third-order valence-electron chi connectivity index (χ3n) is 2.26. The molecule has 0 heterocycles. The van der Waals surface area contributed by atoms with Crippen LogP contribution in [0.1, 0.15) is 46.0 Å². The molecule has 0 saturated carbocycles. The predicted octanol–water partition coefficient (Wildman–Crippen LogP) is 2.95. The maximum Gasteiger partial charge on any atom is 0.0960 e. The minimum Gasteiger partial charge on any atom is -0.394 e. The first-order valence-corrected chi connectivity index (χ1v) is 5.87. The standard InChI is InChI=1S/C13H25N3/c1-11(10-15-4)8-6-5-7-9-12(2)16-13(3)14/h10,15H,2,5-9H2,1,3-4H3,(H2,14,16)/b11-10+. The monoisotopic (exact) mass is 223 g/mol. The van der Waals surface area contributed by atoms with Gasteiger partial charge in [-0.2, -0.15) is 0 Å². The van der Waals surface area contributed by atoms with Gasteiger partial charge in [-0.05, 0) is 45.7 Å². The van der Waals surface area contributed by atoms with Gasteiger partial charge in [0.1, 0.15) is 0 Å². The summed E-state index contributed by atoms with van der Waals surface area (Å²) in [5, 5.41) is 3.04. The molecule has 0 rings (SSSR count). The Bertz CT molecular complexity index is 260. The summed E-state index contributed by atoms with van der Waals surface area (Å²) in [6.07, 6.45) is 7.74. The SMILES string of the molecule is C=C(CCCCC/C(C)=C/NC)N=C(C)N. The summed E-state index contributed by atoms with van der Waals surface area (Å²) >= 11 is 0. The van der Waals surface area contributed by atoms with E-state index in [0.29, 0.717) is 5.84 Å². The van der Waals surface area contributed by atoms with Crippen molar-refractivity contribution in [2.24, 2.45) is 10.7 Å². The maximum absolute atomic E-state index is 5.47. The van der Waals surface area contributed by atoms with Crippen LogP contribution in [-0.4, -0.2) is 12.9 Å². The van der Waals surface area contributed by atoms with Gasteiger partial charge in [0.15, 0.2) is 0 Å². The van der Waals surface area contributed by atoms with Crippen molar-refractivity contribution < 1.29 is 0 Å². The number of aliphatic imine (C=N–C) groups is 1. The third-order valence-corrected chi connectivity index (χ3v) is 2.26. The fourth-order valence-corrected chi connectivity index (χ4v) is 1.53. The molecule has 0 spiro atoms. The minimum absolute atomic E-state index is 0.595. The summed E-state index contributed by atoms with van der Waals surface area (Å²) in [6, 6.07) is 0. The average Bonchev–Trinajstić information content (AvgIpc) is 2.16. The highest BCUT2D eigenvalue weighted by Crippen LogP contribution is 2.12. The van der Waals surface area contributed by atoms with Gasteiger partial charge in [-0.1, -0.05) is 18.6 Å². The van der Waals surface area contributed by atoms with E-state index in [9.17, 15) is 0 Å². The van der Waals surface area contributed by atoms with Crippen molar-refractivity contribution in [2.75, 3.05) is 7.05 Å². The summed E-state index contributed by atoms with van der Waals surface area (Å²) in [4.78, 5) is 4.12. The lowest BCUT2D eigenvalue weighted by atomic mass is 10.1. The van der Waals surface area contributed by atoms with Crippen molar-refractivity contribution in [1.82, 2.24) is 5.32 Å². The van der Waals surface area contributed by atoms with E-state index in [1.54, 1.807) is 6.92 Å². The first kappa shape index (κ1) is 14.8. The average molecular weight is 223 g/mol. The second-order valence-corrected chi connectivity index (χ2v) is 4.16. The summed E-state index contributed by atoms with van der Waals surface area (Å²) in [5.41, 5.74) is 7.76. The maximum atomic E-state index is 5.47. The summed E-state index contributed by atoms with van der Waals surface area (Å²) in [5.74, 6) is 0.595. The molecule has 0 saturated heterocycles. The number of unbranched alkanes of at least 4 members (excludes halogenated alkanes) is 2. The van der Waals surface area contributed by atoms with Gasteiger partial charge in [0.05, 0.1) is 5.84 Å². The Morgan fingerprint density at radius 1 is 1.25 bits per heavy atom. The van der Waals surface area contributed by atoms with Crippen molar-refractivity contribution in [2.45, 2.75) is 46.0 Å². The van der Waals surface area contributed by atoms with Crippen LogP contribution in [0.3, 0.4) is 0 Å². The number of nitrogens with two attached hydrogens (primary N) is 1. The molecule has 92 valence electrons. The van der Waals surface area contributed by atoms with Gasteiger partial charge in [-0.3, -0.25) is 0 Å². The molecule has 0 aromatic rings. The van der Waals surface area contributed by atoms with Crippen LogP contribution < -0.4 is 11.1 Å². The van der Waals surface area contributed by atoms with E-state index in [1.807, 2.05) is 7.05 Å². The quantitative estimate of drug-likeness (QED) is 0.377. The molecular weight excluding hydrogens is 198 g/mol. The zero-order chi connectivity index (χ0) is 12.4. The van der Waals surface area contributed by atoms with E-state index < -0.39 is 0 Å². The number of hydrogen-bond donors (Lipinski definition) is 2. The van der Waals surface area contributed by atoms with E-state index in [0.717, 1.165) is 25.0 Å². The lowest BCUT2D eigenvalue weighted by molar-refractivity contribution is 0.670. The summed E-state index contributed by atoms with van der Waals surface area (Å²) in [6.45, 7) is 7.81. The third kappa shape index (κ3) is 9.31. The molecule has 0 unspecified atom stereocenters. The Labute approximate surface area is 99.5 Å². The fraction of sp³-hybridized carbons (Fsp3) is 0.615. The molecule has 0 aliphatic carbocycles. The van der Waals surface area contributed by atoms with Crippen LogP contribution in [0.5, 0.6) is 0 Å². The molecule has 3 nitrogen and oxygen atoms in total. The number of amidine groups is 1. The summed E-state index contributed by atoms with van der Waals surface area (Å²) in [7, 11) is 1.93. The minimum atomic E-state index is 0.595. The first-order chi connectivity index (χ1) is 7.56. The van der Waals surface area contributed by atoms with Crippen LogP contribution in [0.25, 0.3) is 0 Å². The highest BCUT2D eigenvalue weighted by atomic mass is 14.8. The molecule has 0 bridgehead atoms. The van der Waals surface area contributed by atoms with Crippen LogP contribution in [0, 0.1) is 0 Å². The molecule has 3 N–H and O–H groups in total. The number of nitrogens with zero attached hydrogens (tertiary/aromatic N) is 1. The van der Waals surface area contributed by atoms with Crippen molar-refractivity contribution in [1.29, 1.82) is 0 Å². The van der Waals surface area contributed by atoms with Crippen molar-refractivity contribution in [3.05, 3.63) is 24.0 Å². The molecule has 0 atom stereocenters. The Hall–Kier alpha value is -1.25. The van der Waals surface area contributed by atoms with Gasteiger partial charge in [0.25, 0.3) is 0 Å². The molecular formula is C13H25N3. The lowest BCUT2D eigenvalue weighted by Gasteiger charge is -2.03. The Balaban J connectivity index is 3.51. The molecule has 16 heavy (non-hydrogen) atoms. The molecule has 3 heteroatoms. The molecule has 0 aliphatic heterocycles. The molecule has 0 aromatic carbocycles. The zero-order valence-electron chi connectivity index (χ0n) is 10.8. The van der Waals surface area contributed by atoms with Crippen LogP contribution in [-0.2, 0) is 0 Å². The van der Waals surface area contributed by atoms with Gasteiger partial charge in [-0.15, -0.1) is 0 Å². The summed E-state index contributed by atoms with van der Waals surface area (Å²) < 4.78 is 0. The lowest BCUT2D eigenvalue weighted by Crippen LogP contribution is -2.05. The Kier molecular flexibility index (Phi) is 8.31. The molecule has 0 fully saturated rings. The fourth-order valence-electron chi connectivity index (χ4n) is 1.53. The Morgan fingerprint density at radius 2 is 1.88 bits per heavy atom. The number of rotatable bonds is 8. The van der Waals surface area contributed by atoms with E-state index in [2.05, 4.69) is 30.0 Å². The highest BCUT2D eigenvalue weighted by molar-refractivity contribution is 5.78. The van der Waals surface area contributed by atoms with Crippen LogP contribution in [0.2, 0.25) is 0 Å². The smallest absolute Gasteiger partial charge is 0.0960 e. The molecule has 0 aliphatic rings. The van der Waals surface area contributed by atoms with Gasteiger partial charge >= 0.3 is 0 Å². The zero-order valence-corrected chi connectivity index (χ0v) is 10.8. The van der Waals surface area contributed by atoms with E-state index in [1.165, 1.54) is 18.4 Å². The topological polar surface area (TPSA) is 50.4 Å². The van der Waals surface area contributed by atoms with Gasteiger partial charge in [0.2, 0.25) is 0 Å². The van der Waals surface area contributed by atoms with E-state index >= 15 is 0 Å². The van der Waals surface area contributed by atoms with E-state index in [-0.39, 0.29) is 0 Å².